The number of carbonyl (C=O) groups is 1. The minimum Gasteiger partial charge on any atom is -0.326 e. The third kappa shape index (κ3) is 4.00. The Balaban J connectivity index is 1.42. The summed E-state index contributed by atoms with van der Waals surface area (Å²) < 4.78 is 28.3. The zero-order valence-electron chi connectivity index (χ0n) is 14.0. The van der Waals surface area contributed by atoms with Gasteiger partial charge in [-0.2, -0.15) is 0 Å². The number of nitrogens with one attached hydrogen (secondary N) is 2. The molecule has 1 amide bonds. The zero-order valence-corrected chi connectivity index (χ0v) is 16.4. The Hall–Kier alpha value is -1.70. The van der Waals surface area contributed by atoms with Gasteiger partial charge in [-0.15, -0.1) is 0 Å². The first-order valence-corrected chi connectivity index (χ1v) is 10.9. The summed E-state index contributed by atoms with van der Waals surface area (Å²) in [5.41, 5.74) is 1.66. The summed E-state index contributed by atoms with van der Waals surface area (Å²) in [6.45, 7) is 0. The van der Waals surface area contributed by atoms with Crippen molar-refractivity contribution >= 4 is 37.5 Å². The lowest BCUT2D eigenvalue weighted by atomic mass is 10.1. The molecular weight excluding hydrogens is 416 g/mol. The van der Waals surface area contributed by atoms with Gasteiger partial charge in [-0.1, -0.05) is 34.1 Å². The van der Waals surface area contributed by atoms with Crippen LogP contribution in [0.2, 0.25) is 0 Å². The van der Waals surface area contributed by atoms with Gasteiger partial charge in [-0.25, -0.2) is 13.1 Å². The van der Waals surface area contributed by atoms with Crippen LogP contribution < -0.4 is 10.0 Å². The van der Waals surface area contributed by atoms with Gasteiger partial charge in [-0.3, -0.25) is 4.79 Å². The highest BCUT2D eigenvalue weighted by Gasteiger charge is 2.43. The third-order valence-corrected chi connectivity index (χ3v) is 6.78. The molecule has 2 aliphatic carbocycles. The smallest absolute Gasteiger partial charge is 0.240 e. The van der Waals surface area contributed by atoms with Crippen LogP contribution in [0.25, 0.3) is 0 Å². The van der Waals surface area contributed by atoms with E-state index in [4.69, 9.17) is 0 Å². The molecule has 2 unspecified atom stereocenters. The van der Waals surface area contributed by atoms with E-state index in [1.54, 1.807) is 18.2 Å². The van der Waals surface area contributed by atoms with Crippen LogP contribution in [0.15, 0.2) is 57.9 Å². The molecule has 0 radical (unpaired) electrons. The van der Waals surface area contributed by atoms with Gasteiger partial charge in [-0.05, 0) is 61.1 Å². The topological polar surface area (TPSA) is 75.3 Å². The number of amides is 1. The second kappa shape index (κ2) is 6.79. The van der Waals surface area contributed by atoms with Crippen LogP contribution in [0.4, 0.5) is 5.69 Å². The van der Waals surface area contributed by atoms with Crippen molar-refractivity contribution in [3.63, 3.8) is 0 Å². The minimum absolute atomic E-state index is 0.0522. The van der Waals surface area contributed by atoms with E-state index in [0.29, 0.717) is 5.69 Å². The summed E-state index contributed by atoms with van der Waals surface area (Å²) in [7, 11) is -3.52. The van der Waals surface area contributed by atoms with Crippen molar-refractivity contribution < 1.29 is 13.2 Å². The predicted molar refractivity (Wildman–Crippen MR) is 103 cm³/mol. The molecule has 0 aromatic heterocycles. The number of benzene rings is 2. The highest BCUT2D eigenvalue weighted by molar-refractivity contribution is 9.10. The van der Waals surface area contributed by atoms with Crippen LogP contribution in [-0.2, 0) is 14.8 Å². The van der Waals surface area contributed by atoms with Gasteiger partial charge in [0.2, 0.25) is 15.9 Å². The van der Waals surface area contributed by atoms with Crippen molar-refractivity contribution in [2.45, 2.75) is 36.1 Å². The standard InChI is InChI=1S/C19H19BrN2O3S/c20-13-6-4-12(5-7-13)17-11-18(17)19(23)21-15-2-1-3-16(10-15)26(24,25)22-14-8-9-14/h1-7,10,14,17-18,22H,8-9,11H2,(H,21,23). The number of hydrogen-bond acceptors (Lipinski definition) is 3. The lowest BCUT2D eigenvalue weighted by Gasteiger charge is -2.09. The Morgan fingerprint density at radius 1 is 1.08 bits per heavy atom. The number of carbonyl (C=O) groups excluding carboxylic acids is 1. The normalized spacial score (nSPS) is 22.0. The Kier molecular flexibility index (Phi) is 4.62. The predicted octanol–water partition coefficient (Wildman–Crippen LogP) is 3.63. The van der Waals surface area contributed by atoms with E-state index in [1.165, 1.54) is 6.07 Å². The van der Waals surface area contributed by atoms with E-state index in [2.05, 4.69) is 26.0 Å². The van der Waals surface area contributed by atoms with E-state index in [0.717, 1.165) is 29.3 Å². The Morgan fingerprint density at radius 2 is 1.81 bits per heavy atom. The quantitative estimate of drug-likeness (QED) is 0.728. The van der Waals surface area contributed by atoms with Crippen LogP contribution in [0.1, 0.15) is 30.7 Å². The first-order chi connectivity index (χ1) is 12.4. The molecule has 2 saturated carbocycles. The van der Waals surface area contributed by atoms with E-state index in [1.807, 2.05) is 24.3 Å². The number of anilines is 1. The lowest BCUT2D eigenvalue weighted by molar-refractivity contribution is -0.117. The van der Waals surface area contributed by atoms with E-state index in [9.17, 15) is 13.2 Å². The van der Waals surface area contributed by atoms with Crippen LogP contribution in [-0.4, -0.2) is 20.4 Å². The van der Waals surface area contributed by atoms with Gasteiger partial charge >= 0.3 is 0 Å². The molecule has 2 fully saturated rings. The Morgan fingerprint density at radius 3 is 2.50 bits per heavy atom. The Labute approximate surface area is 161 Å². The molecule has 2 atom stereocenters. The van der Waals surface area contributed by atoms with Crippen molar-refractivity contribution in [3.8, 4) is 0 Å². The zero-order chi connectivity index (χ0) is 18.3. The fraction of sp³-hybridized carbons (Fsp3) is 0.316. The molecule has 2 aliphatic rings. The van der Waals surface area contributed by atoms with Crippen LogP contribution in [0, 0.1) is 5.92 Å². The van der Waals surface area contributed by atoms with Crippen molar-refractivity contribution in [3.05, 3.63) is 58.6 Å². The lowest BCUT2D eigenvalue weighted by Crippen LogP contribution is -2.25. The van der Waals surface area contributed by atoms with Crippen molar-refractivity contribution in [2.24, 2.45) is 5.92 Å². The molecule has 0 heterocycles. The van der Waals surface area contributed by atoms with Crippen LogP contribution in [0.5, 0.6) is 0 Å². The summed E-state index contributed by atoms with van der Waals surface area (Å²) in [5, 5.41) is 2.86. The number of sulfonamides is 1. The van der Waals surface area contributed by atoms with Gasteiger partial charge in [0.15, 0.2) is 0 Å². The van der Waals surface area contributed by atoms with Crippen LogP contribution in [0.3, 0.4) is 0 Å². The molecule has 2 aromatic carbocycles. The van der Waals surface area contributed by atoms with Gasteiger partial charge < -0.3 is 5.32 Å². The van der Waals surface area contributed by atoms with Crippen molar-refractivity contribution in [1.29, 1.82) is 0 Å². The highest BCUT2D eigenvalue weighted by atomic mass is 79.9. The monoisotopic (exact) mass is 434 g/mol. The molecule has 0 bridgehead atoms. The third-order valence-electron chi connectivity index (χ3n) is 4.74. The second-order valence-electron chi connectivity index (χ2n) is 6.91. The average molecular weight is 435 g/mol. The van der Waals surface area contributed by atoms with Crippen molar-refractivity contribution in [1.82, 2.24) is 4.72 Å². The van der Waals surface area contributed by atoms with Gasteiger partial charge in [0.1, 0.15) is 0 Å². The molecule has 0 aliphatic heterocycles. The molecular formula is C19H19BrN2O3S. The van der Waals surface area contributed by atoms with E-state index >= 15 is 0 Å². The fourth-order valence-electron chi connectivity index (χ4n) is 3.03. The Bertz CT molecular complexity index is 940. The molecule has 136 valence electrons. The molecule has 4 rings (SSSR count). The average Bonchev–Trinajstić information content (AvgIpc) is 3.50. The fourth-order valence-corrected chi connectivity index (χ4v) is 4.64. The van der Waals surface area contributed by atoms with Gasteiger partial charge in [0.25, 0.3) is 0 Å². The molecule has 0 saturated heterocycles. The molecule has 2 aromatic rings. The maximum Gasteiger partial charge on any atom is 0.240 e. The number of hydrogen-bond donors (Lipinski definition) is 2. The van der Waals surface area contributed by atoms with E-state index < -0.39 is 10.0 Å². The minimum atomic E-state index is -3.52. The molecule has 2 N–H and O–H groups in total. The van der Waals surface area contributed by atoms with Gasteiger partial charge in [0, 0.05) is 22.1 Å². The summed E-state index contributed by atoms with van der Waals surface area (Å²) in [6.07, 6.45) is 2.58. The highest BCUT2D eigenvalue weighted by Crippen LogP contribution is 2.48. The first kappa shape index (κ1) is 17.7. The number of halogens is 1. The first-order valence-electron chi connectivity index (χ1n) is 8.61. The van der Waals surface area contributed by atoms with Crippen molar-refractivity contribution in [2.75, 3.05) is 5.32 Å². The second-order valence-corrected chi connectivity index (χ2v) is 9.54. The molecule has 0 spiro atoms. The largest absolute Gasteiger partial charge is 0.326 e. The molecule has 26 heavy (non-hydrogen) atoms. The molecule has 5 nitrogen and oxygen atoms in total. The van der Waals surface area contributed by atoms with Gasteiger partial charge in [0.05, 0.1) is 4.90 Å². The SMILES string of the molecule is O=C(Nc1cccc(S(=O)(=O)NC2CC2)c1)C1CC1c1ccc(Br)cc1. The number of rotatable bonds is 6. The summed E-state index contributed by atoms with van der Waals surface area (Å²) in [4.78, 5) is 12.7. The summed E-state index contributed by atoms with van der Waals surface area (Å²) in [6, 6.07) is 14.5. The van der Waals surface area contributed by atoms with Crippen LogP contribution >= 0.6 is 15.9 Å². The maximum absolute atomic E-state index is 12.5. The van der Waals surface area contributed by atoms with E-state index in [-0.39, 0.29) is 28.7 Å². The molecule has 7 heteroatoms. The maximum atomic E-state index is 12.5. The summed E-state index contributed by atoms with van der Waals surface area (Å²) in [5.74, 6) is 0.0928. The summed E-state index contributed by atoms with van der Waals surface area (Å²) >= 11 is 3.41.